The monoisotopic (exact) mass is 535 g/mol. The van der Waals surface area contributed by atoms with Crippen molar-refractivity contribution in [1.82, 2.24) is 0 Å². The molecule has 0 unspecified atom stereocenters. The maximum Gasteiger partial charge on any atom is 0.178 e. The van der Waals surface area contributed by atoms with Gasteiger partial charge in [-0.25, -0.2) is 0 Å². The minimum atomic E-state index is 0.681. The molecule has 0 bridgehead atoms. The van der Waals surface area contributed by atoms with Gasteiger partial charge in [0, 0.05) is 21.5 Å². The summed E-state index contributed by atoms with van der Waals surface area (Å²) < 4.78 is 12.6. The normalized spacial score (nSPS) is 11.8. The van der Waals surface area contributed by atoms with E-state index >= 15 is 0 Å². The summed E-state index contributed by atoms with van der Waals surface area (Å²) in [6.07, 6.45) is 0. The number of hydrogen-bond acceptors (Lipinski definition) is 3. The Hall–Kier alpha value is -5.85. The second-order valence-electron chi connectivity index (χ2n) is 10.9. The second kappa shape index (κ2) is 8.57. The third-order valence-corrected chi connectivity index (χ3v) is 8.46. The van der Waals surface area contributed by atoms with Gasteiger partial charge < -0.3 is 8.83 Å². The van der Waals surface area contributed by atoms with E-state index in [-0.39, 0.29) is 0 Å². The van der Waals surface area contributed by atoms with Gasteiger partial charge in [-0.2, -0.15) is 5.26 Å². The van der Waals surface area contributed by atoms with Crippen LogP contribution in [0.15, 0.2) is 136 Å². The first-order valence-electron chi connectivity index (χ1n) is 14.0. The number of furan rings is 2. The van der Waals surface area contributed by atoms with E-state index in [0.29, 0.717) is 5.56 Å². The van der Waals surface area contributed by atoms with Crippen molar-refractivity contribution in [3.05, 3.63) is 133 Å². The molecule has 194 valence electrons. The maximum atomic E-state index is 9.20. The summed E-state index contributed by atoms with van der Waals surface area (Å²) in [6.45, 7) is 0. The molecule has 0 aliphatic heterocycles. The van der Waals surface area contributed by atoms with E-state index < -0.39 is 0 Å². The highest BCUT2D eigenvalue weighted by atomic mass is 16.4. The predicted octanol–water partition coefficient (Wildman–Crippen LogP) is 11.0. The third-order valence-electron chi connectivity index (χ3n) is 8.46. The molecule has 0 saturated heterocycles. The van der Waals surface area contributed by atoms with Gasteiger partial charge >= 0.3 is 0 Å². The minimum Gasteiger partial charge on any atom is -0.452 e. The highest BCUT2D eigenvalue weighted by molar-refractivity contribution is 6.19. The second-order valence-corrected chi connectivity index (χ2v) is 10.9. The Kier molecular flexibility index (Phi) is 4.68. The Morgan fingerprint density at radius 3 is 1.55 bits per heavy atom. The lowest BCUT2D eigenvalue weighted by atomic mass is 9.96. The van der Waals surface area contributed by atoms with Gasteiger partial charge in [-0.1, -0.05) is 66.7 Å². The fourth-order valence-corrected chi connectivity index (χ4v) is 6.30. The number of nitriles is 1. The van der Waals surface area contributed by atoms with Crippen LogP contribution < -0.4 is 0 Å². The Labute approximate surface area is 240 Å². The van der Waals surface area contributed by atoms with Crippen molar-refractivity contribution in [2.24, 2.45) is 0 Å². The van der Waals surface area contributed by atoms with Gasteiger partial charge in [0.2, 0.25) is 0 Å². The average Bonchev–Trinajstić information content (AvgIpc) is 3.62. The lowest BCUT2D eigenvalue weighted by molar-refractivity contribution is 0.633. The predicted molar refractivity (Wildman–Crippen MR) is 172 cm³/mol. The number of benzene rings is 7. The lowest BCUT2D eigenvalue weighted by Crippen LogP contribution is -1.83. The fourth-order valence-electron chi connectivity index (χ4n) is 6.30. The van der Waals surface area contributed by atoms with Gasteiger partial charge in [-0.15, -0.1) is 0 Å². The van der Waals surface area contributed by atoms with Gasteiger partial charge in [0.1, 0.15) is 11.2 Å². The molecule has 3 heteroatoms. The number of fused-ring (bicyclic) bond motifs is 9. The number of rotatable bonds is 2. The highest BCUT2D eigenvalue weighted by Crippen LogP contribution is 2.40. The van der Waals surface area contributed by atoms with Gasteiger partial charge in [0.15, 0.2) is 11.2 Å². The van der Waals surface area contributed by atoms with Crippen molar-refractivity contribution in [3.8, 4) is 28.3 Å². The molecule has 2 heterocycles. The zero-order chi connectivity index (χ0) is 27.8. The van der Waals surface area contributed by atoms with Crippen molar-refractivity contribution >= 4 is 65.4 Å². The summed E-state index contributed by atoms with van der Waals surface area (Å²) >= 11 is 0. The van der Waals surface area contributed by atoms with Crippen LogP contribution in [0.5, 0.6) is 0 Å². The van der Waals surface area contributed by atoms with Crippen LogP contribution >= 0.6 is 0 Å². The molecule has 0 saturated carbocycles. The van der Waals surface area contributed by atoms with E-state index in [1.165, 1.54) is 16.3 Å². The first kappa shape index (κ1) is 22.9. The van der Waals surface area contributed by atoms with E-state index in [2.05, 4.69) is 97.1 Å². The van der Waals surface area contributed by atoms with Crippen LogP contribution in [0, 0.1) is 11.3 Å². The molecule has 0 spiro atoms. The molecule has 0 N–H and O–H groups in total. The fraction of sp³-hybridized carbons (Fsp3) is 0. The quantitative estimate of drug-likeness (QED) is 0.221. The van der Waals surface area contributed by atoms with Crippen molar-refractivity contribution in [2.45, 2.75) is 0 Å². The van der Waals surface area contributed by atoms with Crippen LogP contribution in [-0.4, -0.2) is 0 Å². The molecular formula is C39H21NO2. The van der Waals surface area contributed by atoms with Crippen molar-refractivity contribution in [2.75, 3.05) is 0 Å². The molecule has 42 heavy (non-hydrogen) atoms. The Bertz CT molecular complexity index is 2590. The molecule has 2 aromatic heterocycles. The van der Waals surface area contributed by atoms with E-state index in [1.807, 2.05) is 36.4 Å². The summed E-state index contributed by atoms with van der Waals surface area (Å²) in [6, 6.07) is 46.5. The number of nitrogens with zero attached hydrogens (tertiary/aromatic N) is 1. The van der Waals surface area contributed by atoms with Crippen LogP contribution in [0.3, 0.4) is 0 Å². The van der Waals surface area contributed by atoms with Gasteiger partial charge in [0.25, 0.3) is 0 Å². The molecule has 0 fully saturated rings. The number of para-hydroxylation sites is 1. The van der Waals surface area contributed by atoms with Gasteiger partial charge in [-0.05, 0) is 104 Å². The first-order valence-corrected chi connectivity index (χ1v) is 14.0. The first-order chi connectivity index (χ1) is 20.7. The van der Waals surface area contributed by atoms with Crippen LogP contribution in [0.1, 0.15) is 5.56 Å². The van der Waals surface area contributed by atoms with Crippen LogP contribution in [0.25, 0.3) is 87.7 Å². The van der Waals surface area contributed by atoms with E-state index in [0.717, 1.165) is 71.3 Å². The molecule has 3 nitrogen and oxygen atoms in total. The largest absolute Gasteiger partial charge is 0.452 e. The summed E-state index contributed by atoms with van der Waals surface area (Å²) in [5.74, 6) is 0. The minimum absolute atomic E-state index is 0.681. The average molecular weight is 536 g/mol. The van der Waals surface area contributed by atoms with Crippen molar-refractivity contribution in [3.63, 3.8) is 0 Å². The summed E-state index contributed by atoms with van der Waals surface area (Å²) in [4.78, 5) is 0. The molecule has 9 aromatic rings. The Morgan fingerprint density at radius 2 is 0.905 bits per heavy atom. The molecule has 0 radical (unpaired) electrons. The highest BCUT2D eigenvalue weighted by Gasteiger charge is 2.16. The molecule has 0 aliphatic rings. The van der Waals surface area contributed by atoms with Crippen molar-refractivity contribution in [1.29, 1.82) is 5.26 Å². The zero-order valence-electron chi connectivity index (χ0n) is 22.4. The van der Waals surface area contributed by atoms with Crippen LogP contribution in [0.4, 0.5) is 0 Å². The lowest BCUT2D eigenvalue weighted by Gasteiger charge is -2.08. The van der Waals surface area contributed by atoms with E-state index in [1.54, 1.807) is 0 Å². The maximum absolute atomic E-state index is 9.20. The zero-order valence-corrected chi connectivity index (χ0v) is 22.4. The van der Waals surface area contributed by atoms with E-state index in [4.69, 9.17) is 8.83 Å². The standard InChI is InChI=1S/C39H21NO2/c40-22-23-5-6-25-18-26(8-7-24(25)17-23)27-9-10-29-20-30(12-11-28(29)19-27)31-13-16-37-35(21-31)34-15-14-33-32-3-1-2-4-36(32)41-38(33)39(34)42-37/h1-21H. The molecule has 0 aliphatic carbocycles. The summed E-state index contributed by atoms with van der Waals surface area (Å²) in [5.41, 5.74) is 8.63. The smallest absolute Gasteiger partial charge is 0.178 e. The topological polar surface area (TPSA) is 50.1 Å². The van der Waals surface area contributed by atoms with E-state index in [9.17, 15) is 5.26 Å². The summed E-state index contributed by atoms with van der Waals surface area (Å²) in [5, 5.41) is 18.1. The molecule has 0 atom stereocenters. The Balaban J connectivity index is 1.11. The molecule has 7 aromatic carbocycles. The third kappa shape index (κ3) is 3.39. The Morgan fingerprint density at radius 1 is 0.405 bits per heavy atom. The molecular weight excluding hydrogens is 514 g/mol. The summed E-state index contributed by atoms with van der Waals surface area (Å²) in [7, 11) is 0. The van der Waals surface area contributed by atoms with Gasteiger partial charge in [0.05, 0.1) is 11.6 Å². The molecule has 0 amide bonds. The van der Waals surface area contributed by atoms with Crippen molar-refractivity contribution < 1.29 is 8.83 Å². The van der Waals surface area contributed by atoms with Crippen LogP contribution in [-0.2, 0) is 0 Å². The van der Waals surface area contributed by atoms with Crippen LogP contribution in [0.2, 0.25) is 0 Å². The van der Waals surface area contributed by atoms with Gasteiger partial charge in [-0.3, -0.25) is 0 Å². The SMILES string of the molecule is N#Cc1ccc2cc(-c3ccc4cc(-c5ccc6oc7c(ccc8c9ccccc9oc87)c6c5)ccc4c3)ccc2c1. The molecule has 9 rings (SSSR count). The number of hydrogen-bond donors (Lipinski definition) is 0.